The number of likely N-dealkylation sites (N-methyl/N-ethyl adjacent to an activating group) is 1. The van der Waals surface area contributed by atoms with Crippen LogP contribution in [0.1, 0.15) is 45.7 Å². The van der Waals surface area contributed by atoms with Gasteiger partial charge >= 0.3 is 6.09 Å². The van der Waals surface area contributed by atoms with Gasteiger partial charge in [0.2, 0.25) is 5.95 Å². The third-order valence-corrected chi connectivity index (χ3v) is 9.20. The molecule has 45 heavy (non-hydrogen) atoms. The normalized spacial score (nSPS) is 20.7. The van der Waals surface area contributed by atoms with E-state index in [2.05, 4.69) is 20.1 Å². The number of halogens is 2. The van der Waals surface area contributed by atoms with E-state index in [0.29, 0.717) is 54.1 Å². The SMILES string of the molecule is Cc1ccc(O)c2c1N(c1c(Cl)cc3c(N4C[C@@H](C)N(C(=O)OC(C)(C)C)C[C@@H]4C)nc(N4CC(N(C)C)C4)nc3c1F)NC2. The molecule has 1 aromatic heterocycles. The predicted octanol–water partition coefficient (Wildman–Crippen LogP) is 5.18. The standard InChI is InChI=1S/C32H42ClFN8O3/c1-17-9-10-24(43)22-12-35-42(27(17)22)28-23(33)11-21-26(25(28)34)36-30(39-15-20(16-39)38(7)8)37-29(21)40-13-19(3)41(14-18(40)2)31(44)45-32(4,5)6/h9-11,18-20,35,43H,12-16H2,1-8H3/t18-,19+/m0/s1. The molecule has 2 aromatic carbocycles. The van der Waals surface area contributed by atoms with Crippen LogP contribution in [0.5, 0.6) is 5.75 Å². The fourth-order valence-electron chi connectivity index (χ4n) is 6.32. The first kappa shape index (κ1) is 31.4. The largest absolute Gasteiger partial charge is 0.508 e. The molecular weight excluding hydrogens is 599 g/mol. The second kappa shape index (κ2) is 11.3. The highest BCUT2D eigenvalue weighted by atomic mass is 35.5. The number of rotatable bonds is 4. The van der Waals surface area contributed by atoms with Gasteiger partial charge in [-0.15, -0.1) is 0 Å². The van der Waals surface area contributed by atoms with Gasteiger partial charge in [-0.1, -0.05) is 17.7 Å². The van der Waals surface area contributed by atoms with E-state index in [0.717, 1.165) is 18.7 Å². The van der Waals surface area contributed by atoms with Gasteiger partial charge in [0, 0.05) is 61.8 Å². The van der Waals surface area contributed by atoms with Gasteiger partial charge in [0.25, 0.3) is 0 Å². The summed E-state index contributed by atoms with van der Waals surface area (Å²) >= 11 is 6.90. The van der Waals surface area contributed by atoms with Crippen LogP contribution < -0.4 is 20.2 Å². The first-order chi connectivity index (χ1) is 21.1. The lowest BCUT2D eigenvalue weighted by molar-refractivity contribution is 0.0130. The van der Waals surface area contributed by atoms with E-state index in [1.165, 1.54) is 0 Å². The van der Waals surface area contributed by atoms with Crippen LogP contribution in [0.2, 0.25) is 5.02 Å². The molecule has 2 atom stereocenters. The Labute approximate surface area is 268 Å². The smallest absolute Gasteiger partial charge is 0.410 e. The molecule has 4 heterocycles. The number of hydrogen-bond donors (Lipinski definition) is 2. The molecule has 6 rings (SSSR count). The minimum atomic E-state index is -0.607. The monoisotopic (exact) mass is 640 g/mol. The number of amides is 1. The van der Waals surface area contributed by atoms with Gasteiger partial charge in [-0.2, -0.15) is 4.98 Å². The summed E-state index contributed by atoms with van der Waals surface area (Å²) in [6, 6.07) is 5.17. The third-order valence-electron chi connectivity index (χ3n) is 8.91. The number of hydrogen-bond acceptors (Lipinski definition) is 10. The molecule has 0 saturated carbocycles. The van der Waals surface area contributed by atoms with Crippen LogP contribution in [0.25, 0.3) is 10.9 Å². The molecule has 0 aliphatic carbocycles. The molecule has 1 amide bonds. The van der Waals surface area contributed by atoms with Crippen LogP contribution in [-0.4, -0.2) is 95.0 Å². The maximum atomic E-state index is 16.9. The number of aromatic hydroxyl groups is 1. The number of anilines is 4. The molecule has 3 aliphatic rings. The highest BCUT2D eigenvalue weighted by molar-refractivity contribution is 6.34. The molecule has 3 aliphatic heterocycles. The Morgan fingerprint density at radius 2 is 1.82 bits per heavy atom. The van der Waals surface area contributed by atoms with E-state index in [9.17, 15) is 9.90 Å². The summed E-state index contributed by atoms with van der Waals surface area (Å²) in [7, 11) is 4.08. The highest BCUT2D eigenvalue weighted by Gasteiger charge is 2.38. The molecule has 2 N–H and O–H groups in total. The summed E-state index contributed by atoms with van der Waals surface area (Å²) in [5.41, 5.74) is 5.10. The van der Waals surface area contributed by atoms with Crippen molar-refractivity contribution in [2.24, 2.45) is 0 Å². The minimum Gasteiger partial charge on any atom is -0.508 e. The molecule has 2 fully saturated rings. The summed E-state index contributed by atoms with van der Waals surface area (Å²) in [4.78, 5) is 30.9. The van der Waals surface area contributed by atoms with E-state index in [-0.39, 0.29) is 40.2 Å². The molecule has 2 saturated heterocycles. The Kier molecular flexibility index (Phi) is 7.90. The van der Waals surface area contributed by atoms with E-state index in [4.69, 9.17) is 26.3 Å². The first-order valence-electron chi connectivity index (χ1n) is 15.4. The highest BCUT2D eigenvalue weighted by Crippen LogP contribution is 2.45. The molecule has 11 nitrogen and oxygen atoms in total. The molecule has 13 heteroatoms. The topological polar surface area (TPSA) is 101 Å². The number of ether oxygens (including phenoxy) is 1. The summed E-state index contributed by atoms with van der Waals surface area (Å²) < 4.78 is 22.6. The average molecular weight is 641 g/mol. The number of carbonyl (C=O) groups is 1. The number of phenols is 1. The van der Waals surface area contributed by atoms with Crippen molar-refractivity contribution in [3.8, 4) is 5.75 Å². The van der Waals surface area contributed by atoms with Crippen LogP contribution in [0.4, 0.5) is 32.3 Å². The van der Waals surface area contributed by atoms with E-state index in [1.54, 1.807) is 28.1 Å². The average Bonchev–Trinajstić information content (AvgIpc) is 3.36. The Balaban J connectivity index is 1.44. The Morgan fingerprint density at radius 1 is 1.11 bits per heavy atom. The van der Waals surface area contributed by atoms with Gasteiger partial charge in [-0.05, 0) is 73.3 Å². The Hall–Kier alpha value is -3.61. The number of hydrazine groups is 1. The summed E-state index contributed by atoms with van der Waals surface area (Å²) in [5, 5.41) is 12.8. The first-order valence-corrected chi connectivity index (χ1v) is 15.7. The minimum absolute atomic E-state index is 0.136. The van der Waals surface area contributed by atoms with Gasteiger partial charge in [-0.3, -0.25) is 5.01 Å². The van der Waals surface area contributed by atoms with Gasteiger partial charge in [-0.25, -0.2) is 19.6 Å². The van der Waals surface area contributed by atoms with Gasteiger partial charge in [0.15, 0.2) is 5.82 Å². The number of piperazine rings is 1. The fourth-order valence-corrected chi connectivity index (χ4v) is 6.60. The van der Waals surface area contributed by atoms with Crippen molar-refractivity contribution < 1.29 is 19.0 Å². The van der Waals surface area contributed by atoms with Crippen molar-refractivity contribution in [1.29, 1.82) is 0 Å². The van der Waals surface area contributed by atoms with Gasteiger partial charge in [0.05, 0.1) is 10.7 Å². The van der Waals surface area contributed by atoms with Crippen molar-refractivity contribution in [2.75, 3.05) is 55.1 Å². The van der Waals surface area contributed by atoms with Crippen LogP contribution in [-0.2, 0) is 11.3 Å². The summed E-state index contributed by atoms with van der Waals surface area (Å²) in [6.45, 7) is 14.1. The lowest BCUT2D eigenvalue weighted by Crippen LogP contribution is -2.59. The molecular formula is C32H42ClFN8O3. The number of aryl methyl sites for hydroxylation is 1. The molecule has 3 aromatic rings. The number of nitrogens with one attached hydrogen (secondary N) is 1. The number of nitrogens with zero attached hydrogens (tertiary/aromatic N) is 7. The van der Waals surface area contributed by atoms with Crippen molar-refractivity contribution >= 4 is 51.7 Å². The number of fused-ring (bicyclic) bond motifs is 2. The zero-order chi connectivity index (χ0) is 32.5. The fraction of sp³-hybridized carbons (Fsp3) is 0.531. The molecule has 0 radical (unpaired) electrons. The van der Waals surface area contributed by atoms with Gasteiger partial charge in [0.1, 0.15) is 28.4 Å². The summed E-state index contributed by atoms with van der Waals surface area (Å²) in [6.07, 6.45) is -0.358. The number of benzene rings is 2. The predicted molar refractivity (Wildman–Crippen MR) is 175 cm³/mol. The van der Waals surface area contributed by atoms with Crippen molar-refractivity contribution in [2.45, 2.75) is 71.8 Å². The van der Waals surface area contributed by atoms with Crippen LogP contribution >= 0.6 is 11.6 Å². The Bertz CT molecular complexity index is 1660. The second-order valence-corrected chi connectivity index (χ2v) is 14.1. The molecule has 0 spiro atoms. The lowest BCUT2D eigenvalue weighted by atomic mass is 10.1. The zero-order valence-electron chi connectivity index (χ0n) is 27.1. The van der Waals surface area contributed by atoms with Crippen LogP contribution in [0.15, 0.2) is 18.2 Å². The lowest BCUT2D eigenvalue weighted by Gasteiger charge is -2.46. The number of aromatic nitrogens is 2. The third kappa shape index (κ3) is 5.57. The van der Waals surface area contributed by atoms with E-state index in [1.807, 2.05) is 55.6 Å². The Morgan fingerprint density at radius 3 is 2.49 bits per heavy atom. The van der Waals surface area contributed by atoms with Crippen molar-refractivity contribution in [3.05, 3.63) is 40.2 Å². The molecule has 0 unspecified atom stereocenters. The maximum absolute atomic E-state index is 16.9. The maximum Gasteiger partial charge on any atom is 0.410 e. The van der Waals surface area contributed by atoms with Crippen LogP contribution in [0, 0.1) is 12.7 Å². The summed E-state index contributed by atoms with van der Waals surface area (Å²) in [5.74, 6) is 0.572. The quantitative estimate of drug-likeness (QED) is 0.397. The van der Waals surface area contributed by atoms with Crippen molar-refractivity contribution in [1.82, 2.24) is 25.2 Å². The van der Waals surface area contributed by atoms with Crippen LogP contribution in [0.3, 0.4) is 0 Å². The van der Waals surface area contributed by atoms with E-state index >= 15 is 4.39 Å². The number of phenolic OH excluding ortho intramolecular Hbond substituents is 1. The number of carbonyl (C=O) groups excluding carboxylic acids is 1. The van der Waals surface area contributed by atoms with Crippen molar-refractivity contribution in [3.63, 3.8) is 0 Å². The second-order valence-electron chi connectivity index (χ2n) is 13.7. The molecule has 0 bridgehead atoms. The molecule has 242 valence electrons. The van der Waals surface area contributed by atoms with E-state index < -0.39 is 11.4 Å². The zero-order valence-corrected chi connectivity index (χ0v) is 27.9. The van der Waals surface area contributed by atoms with Gasteiger partial charge < -0.3 is 29.4 Å².